The van der Waals surface area contributed by atoms with Gasteiger partial charge in [0.1, 0.15) is 5.75 Å². The number of nitrogens with one attached hydrogen (secondary N) is 1. The Morgan fingerprint density at radius 2 is 1.79 bits per heavy atom. The zero-order valence-electron chi connectivity index (χ0n) is 17.5. The number of rotatable bonds is 4. The Kier molecular flexibility index (Phi) is 6.06. The lowest BCUT2D eigenvalue weighted by Crippen LogP contribution is -2.38. The molecule has 12 heteroatoms. The average molecular weight is 556 g/mol. The van der Waals surface area contributed by atoms with Crippen molar-refractivity contribution in [3.05, 3.63) is 69.8 Å². The summed E-state index contributed by atoms with van der Waals surface area (Å²) < 4.78 is 64.4. The number of halogens is 4. The number of hydrogen-bond acceptors (Lipinski definition) is 5. The number of amides is 1. The van der Waals surface area contributed by atoms with Crippen molar-refractivity contribution in [3.8, 4) is 17.0 Å². The van der Waals surface area contributed by atoms with E-state index in [1.165, 1.54) is 29.2 Å². The van der Waals surface area contributed by atoms with Crippen LogP contribution in [0.25, 0.3) is 11.3 Å². The maximum absolute atomic E-state index is 13.1. The van der Waals surface area contributed by atoms with Crippen LogP contribution in [-0.4, -0.2) is 37.2 Å². The Balaban J connectivity index is 1.64. The second-order valence-electron chi connectivity index (χ2n) is 7.67. The summed E-state index contributed by atoms with van der Waals surface area (Å²) in [7, 11) is -3.64. The number of aromatic hydroxyl groups is 1. The Labute approximate surface area is 201 Å². The van der Waals surface area contributed by atoms with Gasteiger partial charge in [-0.25, -0.2) is 8.42 Å². The van der Waals surface area contributed by atoms with Crippen molar-refractivity contribution in [1.29, 1.82) is 0 Å². The number of aromatic nitrogens is 1. The van der Waals surface area contributed by atoms with Gasteiger partial charge < -0.3 is 10.0 Å². The van der Waals surface area contributed by atoms with Gasteiger partial charge in [-0.3, -0.25) is 14.5 Å². The molecule has 0 radical (unpaired) electrons. The van der Waals surface area contributed by atoms with E-state index in [0.29, 0.717) is 34.6 Å². The van der Waals surface area contributed by atoms with Gasteiger partial charge in [0.25, 0.3) is 5.91 Å². The van der Waals surface area contributed by atoms with Crippen molar-refractivity contribution in [2.45, 2.75) is 12.6 Å². The first-order valence-electron chi connectivity index (χ1n) is 9.83. The first kappa shape index (κ1) is 24.0. The zero-order chi connectivity index (χ0) is 24.8. The van der Waals surface area contributed by atoms with Gasteiger partial charge in [0.15, 0.2) is 0 Å². The summed E-state index contributed by atoms with van der Waals surface area (Å²) in [4.78, 5) is 19.1. The summed E-state index contributed by atoms with van der Waals surface area (Å²) in [5, 5.41) is 9.94. The fourth-order valence-corrected chi connectivity index (χ4v) is 4.77. The van der Waals surface area contributed by atoms with Gasteiger partial charge in [0, 0.05) is 28.7 Å². The minimum absolute atomic E-state index is 0.0563. The topological polar surface area (TPSA) is 99.6 Å². The lowest BCUT2D eigenvalue weighted by atomic mass is 10.0. The van der Waals surface area contributed by atoms with E-state index >= 15 is 0 Å². The third-order valence-electron chi connectivity index (χ3n) is 5.18. The third-order valence-corrected chi connectivity index (χ3v) is 6.43. The molecule has 2 aromatic carbocycles. The summed E-state index contributed by atoms with van der Waals surface area (Å²) in [5.41, 5.74) is 1.24. The fraction of sp³-hybridized carbons (Fsp3) is 0.182. The molecule has 0 bridgehead atoms. The maximum Gasteiger partial charge on any atom is 0.416 e. The van der Waals surface area contributed by atoms with Crippen LogP contribution < -0.4 is 9.62 Å². The van der Waals surface area contributed by atoms with Crippen molar-refractivity contribution in [2.75, 3.05) is 22.4 Å². The number of carbonyl (C=O) groups is 1. The molecular weight excluding hydrogens is 539 g/mol. The molecule has 1 aromatic heterocycles. The largest absolute Gasteiger partial charge is 0.506 e. The van der Waals surface area contributed by atoms with E-state index in [0.717, 1.165) is 18.4 Å². The van der Waals surface area contributed by atoms with Crippen LogP contribution >= 0.6 is 15.9 Å². The van der Waals surface area contributed by atoms with Crippen molar-refractivity contribution in [3.63, 3.8) is 0 Å². The second-order valence-corrected chi connectivity index (χ2v) is 10.3. The molecule has 0 spiro atoms. The molecule has 2 N–H and O–H groups in total. The van der Waals surface area contributed by atoms with Gasteiger partial charge in [0.05, 0.1) is 34.5 Å². The Morgan fingerprint density at radius 3 is 2.44 bits per heavy atom. The van der Waals surface area contributed by atoms with Crippen LogP contribution in [0.5, 0.6) is 5.75 Å². The number of phenolic OH excluding ortho intramolecular Hbond substituents is 1. The number of sulfonamides is 1. The molecule has 7 nitrogen and oxygen atoms in total. The molecule has 1 aliphatic rings. The van der Waals surface area contributed by atoms with Crippen LogP contribution in [-0.2, 0) is 22.6 Å². The standard InChI is InChI=1S/C22H17BrF3N3O4S/c1-34(32,33)28-19-11-13(3-7-20(19)30)29-9-8-18-15(21(29)31)5-6-17(27-18)14-4-2-12(10-16(14)23)22(24,25)26/h2-7,10-11,28,30H,8-9H2,1H3. The van der Waals surface area contributed by atoms with Crippen LogP contribution in [0.2, 0.25) is 0 Å². The van der Waals surface area contributed by atoms with Gasteiger partial charge in [-0.15, -0.1) is 0 Å². The molecule has 0 unspecified atom stereocenters. The number of carbonyl (C=O) groups excluding carboxylic acids is 1. The van der Waals surface area contributed by atoms with Gasteiger partial charge in [0.2, 0.25) is 10.0 Å². The molecule has 4 rings (SSSR count). The van der Waals surface area contributed by atoms with Gasteiger partial charge in [-0.1, -0.05) is 22.0 Å². The average Bonchev–Trinajstić information content (AvgIpc) is 2.74. The van der Waals surface area contributed by atoms with Crippen molar-refractivity contribution in [2.24, 2.45) is 0 Å². The van der Waals surface area contributed by atoms with Crippen LogP contribution in [0, 0.1) is 0 Å². The quantitative estimate of drug-likeness (QED) is 0.450. The highest BCUT2D eigenvalue weighted by molar-refractivity contribution is 9.10. The first-order valence-corrected chi connectivity index (χ1v) is 12.5. The minimum Gasteiger partial charge on any atom is -0.506 e. The highest BCUT2D eigenvalue weighted by atomic mass is 79.9. The predicted octanol–water partition coefficient (Wildman–Crippen LogP) is 4.81. The molecule has 0 saturated heterocycles. The number of nitrogens with zero attached hydrogens (tertiary/aromatic N) is 2. The molecule has 0 saturated carbocycles. The van der Waals surface area contributed by atoms with Crippen LogP contribution in [0.1, 0.15) is 21.6 Å². The van der Waals surface area contributed by atoms with Crippen LogP contribution in [0.3, 0.4) is 0 Å². The number of anilines is 2. The monoisotopic (exact) mass is 555 g/mol. The SMILES string of the molecule is CS(=O)(=O)Nc1cc(N2CCc3nc(-c4ccc(C(F)(F)F)cc4Br)ccc3C2=O)ccc1O. The number of alkyl halides is 3. The zero-order valence-corrected chi connectivity index (χ0v) is 19.9. The summed E-state index contributed by atoms with van der Waals surface area (Å²) in [6, 6.07) is 10.5. The Hall–Kier alpha value is -3.12. The van der Waals surface area contributed by atoms with Gasteiger partial charge in [-0.05, 0) is 42.5 Å². The van der Waals surface area contributed by atoms with E-state index in [1.807, 2.05) is 0 Å². The molecular formula is C22H17BrF3N3O4S. The summed E-state index contributed by atoms with van der Waals surface area (Å²) in [6.45, 7) is 0.236. The van der Waals surface area contributed by atoms with Crippen LogP contribution in [0.15, 0.2) is 53.0 Å². The summed E-state index contributed by atoms with van der Waals surface area (Å²) >= 11 is 3.17. The smallest absolute Gasteiger partial charge is 0.416 e. The number of fused-ring (bicyclic) bond motifs is 1. The lowest BCUT2D eigenvalue weighted by molar-refractivity contribution is -0.137. The normalized spacial score (nSPS) is 14.1. The molecule has 1 amide bonds. The summed E-state index contributed by atoms with van der Waals surface area (Å²) in [5.74, 6) is -0.657. The molecule has 34 heavy (non-hydrogen) atoms. The van der Waals surface area contributed by atoms with Crippen LogP contribution in [0.4, 0.5) is 24.5 Å². The maximum atomic E-state index is 13.1. The van der Waals surface area contributed by atoms with Crippen molar-refractivity contribution >= 4 is 43.2 Å². The summed E-state index contributed by atoms with van der Waals surface area (Å²) in [6.07, 6.45) is -3.16. The molecule has 3 aromatic rings. The van der Waals surface area contributed by atoms with Crippen molar-refractivity contribution in [1.82, 2.24) is 4.98 Å². The molecule has 0 atom stereocenters. The number of hydrogen-bond donors (Lipinski definition) is 2. The Morgan fingerprint density at radius 1 is 1.09 bits per heavy atom. The molecule has 0 aliphatic carbocycles. The number of phenols is 1. The van der Waals surface area contributed by atoms with E-state index in [4.69, 9.17) is 0 Å². The van der Waals surface area contributed by atoms with Crippen molar-refractivity contribution < 1.29 is 31.5 Å². The minimum atomic E-state index is -4.47. The lowest BCUT2D eigenvalue weighted by Gasteiger charge is -2.29. The van der Waals surface area contributed by atoms with E-state index in [1.54, 1.807) is 12.1 Å². The van der Waals surface area contributed by atoms with E-state index in [9.17, 15) is 31.5 Å². The third kappa shape index (κ3) is 4.87. The second kappa shape index (κ2) is 8.58. The van der Waals surface area contributed by atoms with Gasteiger partial charge in [-0.2, -0.15) is 13.2 Å². The highest BCUT2D eigenvalue weighted by Crippen LogP contribution is 2.36. The van der Waals surface area contributed by atoms with Gasteiger partial charge >= 0.3 is 6.18 Å². The molecule has 178 valence electrons. The predicted molar refractivity (Wildman–Crippen MR) is 124 cm³/mol. The van der Waals surface area contributed by atoms with E-state index < -0.39 is 21.8 Å². The number of pyridine rings is 1. The number of benzene rings is 2. The highest BCUT2D eigenvalue weighted by Gasteiger charge is 2.31. The fourth-order valence-electron chi connectivity index (χ4n) is 3.62. The Bertz CT molecular complexity index is 1410. The van der Waals surface area contributed by atoms with E-state index in [-0.39, 0.29) is 28.4 Å². The molecule has 1 aliphatic heterocycles. The molecule has 2 heterocycles. The van der Waals surface area contributed by atoms with E-state index in [2.05, 4.69) is 25.6 Å². The first-order chi connectivity index (χ1) is 15.8. The molecule has 0 fully saturated rings.